The van der Waals surface area contributed by atoms with Crippen molar-refractivity contribution in [2.75, 3.05) is 12.0 Å². The van der Waals surface area contributed by atoms with Crippen molar-refractivity contribution in [3.05, 3.63) is 17.3 Å². The molecule has 0 bridgehead atoms. The van der Waals surface area contributed by atoms with Crippen molar-refractivity contribution in [2.24, 2.45) is 0 Å². The lowest BCUT2D eigenvalue weighted by Gasteiger charge is -2.27. The maximum atomic E-state index is 13.3. The van der Waals surface area contributed by atoms with Crippen LogP contribution in [0.25, 0.3) is 0 Å². The average Bonchev–Trinajstić information content (AvgIpc) is 2.36. The van der Waals surface area contributed by atoms with Crippen molar-refractivity contribution < 1.29 is 14.2 Å². The van der Waals surface area contributed by atoms with E-state index in [1.807, 2.05) is 0 Å². The Morgan fingerprint density at radius 3 is 3.06 bits per heavy atom. The zero-order valence-electron chi connectivity index (χ0n) is 9.77. The molecule has 0 radical (unpaired) electrons. The van der Waals surface area contributed by atoms with E-state index in [2.05, 4.69) is 15.3 Å². The number of rotatable bonds is 4. The number of hydrogen-bond donors (Lipinski definition) is 2. The van der Waals surface area contributed by atoms with Crippen LogP contribution in [0.1, 0.15) is 25.7 Å². The third-order valence-corrected chi connectivity index (χ3v) is 3.10. The Morgan fingerprint density at radius 2 is 2.28 bits per heavy atom. The van der Waals surface area contributed by atoms with Gasteiger partial charge in [0, 0.05) is 0 Å². The van der Waals surface area contributed by atoms with Crippen LogP contribution in [-0.4, -0.2) is 34.0 Å². The maximum absolute atomic E-state index is 13.3. The summed E-state index contributed by atoms with van der Waals surface area (Å²) < 4.78 is 18.7. The number of nitrogens with zero attached hydrogens (tertiary/aromatic N) is 2. The molecule has 2 unspecified atom stereocenters. The number of anilines is 1. The quantitative estimate of drug-likeness (QED) is 0.649. The largest absolute Gasteiger partial charge is 0.390 e. The maximum Gasteiger partial charge on any atom is 0.224 e. The fourth-order valence-corrected chi connectivity index (χ4v) is 2.09. The predicted octanol–water partition coefficient (Wildman–Crippen LogP) is 1.96. The topological polar surface area (TPSA) is 67.3 Å². The molecule has 0 aromatic carbocycles. The van der Waals surface area contributed by atoms with E-state index in [-0.39, 0.29) is 23.9 Å². The Labute approximate surface area is 109 Å². The molecule has 2 rings (SSSR count). The van der Waals surface area contributed by atoms with E-state index in [0.29, 0.717) is 0 Å². The zero-order valence-corrected chi connectivity index (χ0v) is 10.5. The zero-order chi connectivity index (χ0) is 13.0. The number of hydrogen-bond acceptors (Lipinski definition) is 5. The Morgan fingerprint density at radius 1 is 1.50 bits per heavy atom. The van der Waals surface area contributed by atoms with Crippen molar-refractivity contribution in [2.45, 2.75) is 37.9 Å². The monoisotopic (exact) mass is 275 g/mol. The van der Waals surface area contributed by atoms with Gasteiger partial charge < -0.3 is 15.2 Å². The van der Waals surface area contributed by atoms with Crippen LogP contribution in [0.4, 0.5) is 10.2 Å². The lowest BCUT2D eigenvalue weighted by Crippen LogP contribution is -2.33. The van der Waals surface area contributed by atoms with E-state index in [9.17, 15) is 9.50 Å². The molecular weight excluding hydrogens is 261 g/mol. The van der Waals surface area contributed by atoms with E-state index in [1.165, 1.54) is 0 Å². The van der Waals surface area contributed by atoms with E-state index >= 15 is 0 Å². The van der Waals surface area contributed by atoms with Crippen LogP contribution >= 0.6 is 11.6 Å². The summed E-state index contributed by atoms with van der Waals surface area (Å²) in [4.78, 5) is 7.21. The van der Waals surface area contributed by atoms with E-state index in [4.69, 9.17) is 16.3 Å². The number of aliphatic hydroxyl groups is 1. The highest BCUT2D eigenvalue weighted by Crippen LogP contribution is 2.21. The summed E-state index contributed by atoms with van der Waals surface area (Å²) in [5.74, 6) is -0.590. The van der Waals surface area contributed by atoms with Gasteiger partial charge in [-0.3, -0.25) is 0 Å². The number of aromatic nitrogens is 2. The highest BCUT2D eigenvalue weighted by atomic mass is 35.5. The summed E-state index contributed by atoms with van der Waals surface area (Å²) in [5, 5.41) is 12.3. The van der Waals surface area contributed by atoms with Gasteiger partial charge in [-0.2, -0.15) is 4.98 Å². The normalized spacial score (nSPS) is 23.9. The molecule has 5 nitrogen and oxygen atoms in total. The van der Waals surface area contributed by atoms with Crippen LogP contribution in [0.3, 0.4) is 0 Å². The Bertz CT molecular complexity index is 408. The molecule has 1 aromatic rings. The molecule has 1 fully saturated rings. The Hall–Kier alpha value is -0.980. The second-order valence-electron chi connectivity index (χ2n) is 4.21. The van der Waals surface area contributed by atoms with Crippen LogP contribution in [0.15, 0.2) is 6.20 Å². The van der Waals surface area contributed by atoms with Crippen LogP contribution in [-0.2, 0) is 4.74 Å². The first-order chi connectivity index (χ1) is 8.66. The van der Waals surface area contributed by atoms with Crippen molar-refractivity contribution in [1.82, 2.24) is 9.97 Å². The Balaban J connectivity index is 1.82. The van der Waals surface area contributed by atoms with Gasteiger partial charge in [0.05, 0.1) is 18.4 Å². The molecule has 7 heteroatoms. The third-order valence-electron chi connectivity index (χ3n) is 2.92. The van der Waals surface area contributed by atoms with E-state index in [0.717, 1.165) is 31.9 Å². The van der Waals surface area contributed by atoms with Gasteiger partial charge in [-0.1, -0.05) is 12.8 Å². The van der Waals surface area contributed by atoms with Crippen LogP contribution in [0, 0.1) is 5.82 Å². The van der Waals surface area contributed by atoms with Gasteiger partial charge in [-0.25, -0.2) is 9.37 Å². The second-order valence-corrected chi connectivity index (χ2v) is 4.55. The summed E-state index contributed by atoms with van der Waals surface area (Å²) in [6.45, 7) is 0.0754. The lowest BCUT2D eigenvalue weighted by molar-refractivity contribution is -0.0525. The molecule has 1 aliphatic rings. The van der Waals surface area contributed by atoms with E-state index < -0.39 is 11.9 Å². The molecule has 18 heavy (non-hydrogen) atoms. The third kappa shape index (κ3) is 3.51. The van der Waals surface area contributed by atoms with Crippen molar-refractivity contribution in [3.63, 3.8) is 0 Å². The molecule has 2 atom stereocenters. The molecule has 0 saturated heterocycles. The van der Waals surface area contributed by atoms with Gasteiger partial charge >= 0.3 is 0 Å². The van der Waals surface area contributed by atoms with Crippen molar-refractivity contribution >= 4 is 17.4 Å². The lowest BCUT2D eigenvalue weighted by atomic mass is 9.95. The highest BCUT2D eigenvalue weighted by molar-refractivity contribution is 6.28. The predicted molar refractivity (Wildman–Crippen MR) is 64.8 cm³/mol. The van der Waals surface area contributed by atoms with Gasteiger partial charge in [0.15, 0.2) is 11.6 Å². The minimum Gasteiger partial charge on any atom is -0.390 e. The second kappa shape index (κ2) is 6.26. The SMILES string of the molecule is OC1CCCCC1OCNc1nc(Cl)ncc1F. The summed E-state index contributed by atoms with van der Waals surface area (Å²) in [7, 11) is 0. The first kappa shape index (κ1) is 13.5. The van der Waals surface area contributed by atoms with Crippen LogP contribution in [0.2, 0.25) is 5.28 Å². The van der Waals surface area contributed by atoms with Crippen LogP contribution in [0.5, 0.6) is 0 Å². The van der Waals surface area contributed by atoms with Gasteiger partial charge in [0.25, 0.3) is 0 Å². The molecule has 0 aliphatic heterocycles. The number of halogens is 2. The molecular formula is C11H15ClFN3O2. The highest BCUT2D eigenvalue weighted by Gasteiger charge is 2.23. The van der Waals surface area contributed by atoms with E-state index in [1.54, 1.807) is 0 Å². The van der Waals surface area contributed by atoms with Crippen molar-refractivity contribution in [3.8, 4) is 0 Å². The van der Waals surface area contributed by atoms with Gasteiger partial charge in [0.2, 0.25) is 5.28 Å². The van der Waals surface area contributed by atoms with Crippen LogP contribution < -0.4 is 5.32 Å². The minimum atomic E-state index is -0.591. The fourth-order valence-electron chi connectivity index (χ4n) is 1.96. The van der Waals surface area contributed by atoms with Gasteiger partial charge in [0.1, 0.15) is 6.73 Å². The first-order valence-electron chi connectivity index (χ1n) is 5.88. The number of nitrogens with one attached hydrogen (secondary N) is 1. The standard InChI is InChI=1S/C11H15ClFN3O2/c12-11-14-5-7(13)10(16-11)15-6-18-9-4-2-1-3-8(9)17/h5,8-9,17H,1-4,6H2,(H,14,15,16). The summed E-state index contributed by atoms with van der Waals surface area (Å²) >= 11 is 5.56. The molecule has 1 aromatic heterocycles. The fraction of sp³-hybridized carbons (Fsp3) is 0.636. The Kier molecular flexibility index (Phi) is 4.68. The molecule has 100 valence electrons. The summed E-state index contributed by atoms with van der Waals surface area (Å²) in [6.07, 6.45) is 3.97. The number of aliphatic hydroxyl groups excluding tert-OH is 1. The van der Waals surface area contributed by atoms with Gasteiger partial charge in [-0.05, 0) is 24.4 Å². The average molecular weight is 276 g/mol. The molecule has 1 saturated carbocycles. The minimum absolute atomic E-state index is 0.000277. The smallest absolute Gasteiger partial charge is 0.224 e. The molecule has 2 N–H and O–H groups in total. The molecule has 0 spiro atoms. The number of ether oxygens (including phenoxy) is 1. The van der Waals surface area contributed by atoms with Gasteiger partial charge in [-0.15, -0.1) is 0 Å². The van der Waals surface area contributed by atoms with Crippen molar-refractivity contribution in [1.29, 1.82) is 0 Å². The summed E-state index contributed by atoms with van der Waals surface area (Å²) in [5.41, 5.74) is 0. The molecule has 1 aliphatic carbocycles. The molecule has 1 heterocycles. The molecule has 0 amide bonds. The first-order valence-corrected chi connectivity index (χ1v) is 6.26. The summed E-state index contributed by atoms with van der Waals surface area (Å²) in [6, 6.07) is 0.